The Kier molecular flexibility index (Phi) is 11.8. The van der Waals surface area contributed by atoms with Gasteiger partial charge >= 0.3 is 5.97 Å². The first-order valence-electron chi connectivity index (χ1n) is 11.8. The van der Waals surface area contributed by atoms with E-state index < -0.39 is 5.97 Å². The van der Waals surface area contributed by atoms with E-state index in [9.17, 15) is 4.79 Å². The van der Waals surface area contributed by atoms with Crippen LogP contribution < -0.4 is 9.47 Å². The van der Waals surface area contributed by atoms with Crippen molar-refractivity contribution in [2.75, 3.05) is 13.2 Å². The number of unbranched alkanes of at least 4 members (excludes halogenated alkanes) is 6. The van der Waals surface area contributed by atoms with Crippen molar-refractivity contribution in [1.82, 2.24) is 0 Å². The molecule has 31 heavy (non-hydrogen) atoms. The average Bonchev–Trinajstić information content (AvgIpc) is 2.79. The van der Waals surface area contributed by atoms with Crippen LogP contribution in [0.5, 0.6) is 11.5 Å². The third-order valence-electron chi connectivity index (χ3n) is 5.29. The monoisotopic (exact) mass is 426 g/mol. The highest BCUT2D eigenvalue weighted by Crippen LogP contribution is 2.28. The molecule has 2 aromatic carbocycles. The molecule has 0 bridgehead atoms. The summed E-state index contributed by atoms with van der Waals surface area (Å²) in [5.74, 6) is 0.652. The first-order valence-corrected chi connectivity index (χ1v) is 11.8. The zero-order valence-electron chi connectivity index (χ0n) is 19.4. The Hall–Kier alpha value is -2.33. The van der Waals surface area contributed by atoms with E-state index in [-0.39, 0.29) is 6.10 Å². The van der Waals surface area contributed by atoms with Crippen LogP contribution in [0.1, 0.15) is 94.2 Å². The van der Waals surface area contributed by atoms with Crippen LogP contribution in [0.4, 0.5) is 0 Å². The topological polar surface area (TPSA) is 44.8 Å². The molecule has 0 heterocycles. The molecule has 2 aromatic rings. The molecule has 0 aliphatic carbocycles. The number of para-hydroxylation sites is 2. The van der Waals surface area contributed by atoms with Gasteiger partial charge in [0.2, 0.25) is 0 Å². The molecule has 2 rings (SSSR count). The van der Waals surface area contributed by atoms with E-state index in [1.807, 2.05) is 37.3 Å². The van der Waals surface area contributed by atoms with E-state index >= 15 is 0 Å². The number of rotatable bonds is 15. The van der Waals surface area contributed by atoms with Crippen molar-refractivity contribution in [3.8, 4) is 11.5 Å². The van der Waals surface area contributed by atoms with Gasteiger partial charge in [-0.2, -0.15) is 0 Å². The van der Waals surface area contributed by atoms with Crippen molar-refractivity contribution >= 4 is 5.97 Å². The number of benzene rings is 2. The van der Waals surface area contributed by atoms with Crippen molar-refractivity contribution in [2.45, 2.75) is 78.2 Å². The van der Waals surface area contributed by atoms with Gasteiger partial charge in [-0.25, -0.2) is 4.79 Å². The summed E-state index contributed by atoms with van der Waals surface area (Å²) in [4.78, 5) is 12.6. The van der Waals surface area contributed by atoms with Crippen LogP contribution >= 0.6 is 0 Å². The first-order chi connectivity index (χ1) is 15.2. The Morgan fingerprint density at radius 3 is 2.13 bits per heavy atom. The maximum absolute atomic E-state index is 12.6. The summed E-state index contributed by atoms with van der Waals surface area (Å²) in [6.07, 6.45) is 9.54. The fourth-order valence-electron chi connectivity index (χ4n) is 3.27. The predicted molar refractivity (Wildman–Crippen MR) is 126 cm³/mol. The lowest BCUT2D eigenvalue weighted by atomic mass is 10.1. The minimum atomic E-state index is -0.390. The summed E-state index contributed by atoms with van der Waals surface area (Å²) in [6, 6.07) is 14.8. The molecule has 0 saturated heterocycles. The molecule has 0 saturated carbocycles. The molecule has 170 valence electrons. The van der Waals surface area contributed by atoms with Crippen molar-refractivity contribution in [2.24, 2.45) is 0 Å². The molecule has 1 unspecified atom stereocenters. The molecule has 4 nitrogen and oxygen atoms in total. The van der Waals surface area contributed by atoms with Crippen molar-refractivity contribution in [3.63, 3.8) is 0 Å². The summed E-state index contributed by atoms with van der Waals surface area (Å²) in [6.45, 7) is 7.77. The molecule has 0 spiro atoms. The van der Waals surface area contributed by atoms with Gasteiger partial charge in [0, 0.05) is 6.61 Å². The Morgan fingerprint density at radius 2 is 1.42 bits per heavy atom. The number of hydrogen-bond donors (Lipinski definition) is 0. The highest BCUT2D eigenvalue weighted by atomic mass is 16.6. The van der Waals surface area contributed by atoms with Crippen molar-refractivity contribution in [1.29, 1.82) is 0 Å². The Morgan fingerprint density at radius 1 is 0.774 bits per heavy atom. The summed E-state index contributed by atoms with van der Waals surface area (Å²) in [5.41, 5.74) is 1.57. The summed E-state index contributed by atoms with van der Waals surface area (Å²) >= 11 is 0. The largest absolute Gasteiger partial charge is 0.490 e. The number of carbonyl (C=O) groups is 1. The van der Waals surface area contributed by atoms with Crippen LogP contribution in [0, 0.1) is 0 Å². The number of hydrogen-bond acceptors (Lipinski definition) is 4. The molecule has 0 amide bonds. The predicted octanol–water partition coefficient (Wildman–Crippen LogP) is 7.52. The molecule has 0 aliphatic heterocycles. The smallest absolute Gasteiger partial charge is 0.343 e. The minimum Gasteiger partial charge on any atom is -0.490 e. The lowest BCUT2D eigenvalue weighted by Gasteiger charge is -2.14. The van der Waals surface area contributed by atoms with Gasteiger partial charge in [-0.05, 0) is 49.6 Å². The van der Waals surface area contributed by atoms with Gasteiger partial charge in [-0.15, -0.1) is 0 Å². The maximum Gasteiger partial charge on any atom is 0.343 e. The molecular weight excluding hydrogens is 388 g/mol. The molecule has 4 heteroatoms. The van der Waals surface area contributed by atoms with Crippen molar-refractivity contribution in [3.05, 3.63) is 59.7 Å². The fraction of sp³-hybridized carbons (Fsp3) is 0.519. The van der Waals surface area contributed by atoms with Gasteiger partial charge in [-0.3, -0.25) is 0 Å². The van der Waals surface area contributed by atoms with E-state index in [0.29, 0.717) is 23.7 Å². The molecular formula is C27H38O4. The SMILES string of the molecule is CCCCCCCCOC(C)c1ccc(C(=O)Oc2ccccc2OCCCC)cc1. The second kappa shape index (κ2) is 14.6. The summed E-state index contributed by atoms with van der Waals surface area (Å²) in [7, 11) is 0. The van der Waals surface area contributed by atoms with Gasteiger partial charge < -0.3 is 14.2 Å². The third-order valence-corrected chi connectivity index (χ3v) is 5.29. The highest BCUT2D eigenvalue weighted by molar-refractivity contribution is 5.91. The van der Waals surface area contributed by atoms with Gasteiger partial charge in [0.05, 0.1) is 18.3 Å². The Bertz CT molecular complexity index is 754. The lowest BCUT2D eigenvalue weighted by molar-refractivity contribution is 0.0625. The number of carbonyl (C=O) groups excluding carboxylic acids is 1. The minimum absolute atomic E-state index is 0.00778. The quantitative estimate of drug-likeness (QED) is 0.168. The third kappa shape index (κ3) is 9.14. The van der Waals surface area contributed by atoms with Gasteiger partial charge in [0.1, 0.15) is 0 Å². The normalized spacial score (nSPS) is 11.8. The second-order valence-electron chi connectivity index (χ2n) is 7.94. The number of esters is 1. The van der Waals surface area contributed by atoms with Gasteiger partial charge in [0.15, 0.2) is 11.5 Å². The van der Waals surface area contributed by atoms with Gasteiger partial charge in [0.25, 0.3) is 0 Å². The summed E-state index contributed by atoms with van der Waals surface area (Å²) in [5, 5.41) is 0. The summed E-state index contributed by atoms with van der Waals surface area (Å²) < 4.78 is 17.3. The molecule has 0 aromatic heterocycles. The average molecular weight is 427 g/mol. The lowest BCUT2D eigenvalue weighted by Crippen LogP contribution is -2.10. The van der Waals surface area contributed by atoms with Crippen LogP contribution in [0.3, 0.4) is 0 Å². The van der Waals surface area contributed by atoms with E-state index in [0.717, 1.165) is 31.4 Å². The van der Waals surface area contributed by atoms with Crippen LogP contribution in [0.2, 0.25) is 0 Å². The molecule has 0 aliphatic rings. The van der Waals surface area contributed by atoms with Crippen LogP contribution in [-0.2, 0) is 4.74 Å². The second-order valence-corrected chi connectivity index (χ2v) is 7.94. The molecule has 0 radical (unpaired) electrons. The first kappa shape index (κ1) is 24.9. The highest BCUT2D eigenvalue weighted by Gasteiger charge is 2.13. The molecule has 0 fully saturated rings. The maximum atomic E-state index is 12.6. The van der Waals surface area contributed by atoms with Crippen molar-refractivity contribution < 1.29 is 19.0 Å². The van der Waals surface area contributed by atoms with E-state index in [2.05, 4.69) is 13.8 Å². The van der Waals surface area contributed by atoms with E-state index in [1.165, 1.54) is 32.1 Å². The number of ether oxygens (including phenoxy) is 3. The Labute approximate surface area is 187 Å². The fourth-order valence-corrected chi connectivity index (χ4v) is 3.27. The standard InChI is InChI=1S/C27H38O4/c1-4-6-8-9-10-13-21-29-22(3)23-16-18-24(19-17-23)27(28)31-26-15-12-11-14-25(26)30-20-7-5-2/h11-12,14-19,22H,4-10,13,20-21H2,1-3H3. The van der Waals surface area contributed by atoms with Gasteiger partial charge in [-0.1, -0.05) is 76.6 Å². The zero-order valence-corrected chi connectivity index (χ0v) is 19.4. The molecule has 0 N–H and O–H groups in total. The van der Waals surface area contributed by atoms with Crippen LogP contribution in [-0.4, -0.2) is 19.2 Å². The van der Waals surface area contributed by atoms with E-state index in [1.54, 1.807) is 18.2 Å². The Balaban J connectivity index is 1.82. The van der Waals surface area contributed by atoms with Crippen LogP contribution in [0.25, 0.3) is 0 Å². The molecule has 1 atom stereocenters. The van der Waals surface area contributed by atoms with Crippen LogP contribution in [0.15, 0.2) is 48.5 Å². The zero-order chi connectivity index (χ0) is 22.3. The van der Waals surface area contributed by atoms with E-state index in [4.69, 9.17) is 14.2 Å².